The van der Waals surface area contributed by atoms with E-state index in [-0.39, 0.29) is 11.3 Å². The van der Waals surface area contributed by atoms with Crippen molar-refractivity contribution < 1.29 is 4.79 Å². The zero-order valence-corrected chi connectivity index (χ0v) is 16.6. The number of nitrogens with zero attached hydrogens (tertiary/aromatic N) is 1. The molecule has 148 valence electrons. The molecular weight excluding hydrogens is 384 g/mol. The van der Waals surface area contributed by atoms with Crippen LogP contribution in [0.3, 0.4) is 0 Å². The normalized spacial score (nSPS) is 11.4. The van der Waals surface area contributed by atoms with Gasteiger partial charge in [0.25, 0.3) is 5.56 Å². The van der Waals surface area contributed by atoms with Gasteiger partial charge in [0.05, 0.1) is 16.8 Å². The van der Waals surface area contributed by atoms with Crippen molar-refractivity contribution in [2.45, 2.75) is 0 Å². The summed E-state index contributed by atoms with van der Waals surface area (Å²) in [4.78, 5) is 33.5. The Balaban J connectivity index is 1.63. The van der Waals surface area contributed by atoms with Gasteiger partial charge >= 0.3 is 0 Å². The minimum atomic E-state index is -0.404. The van der Waals surface area contributed by atoms with E-state index in [9.17, 15) is 9.59 Å². The molecule has 3 aromatic carbocycles. The van der Waals surface area contributed by atoms with Gasteiger partial charge in [-0.25, -0.2) is 4.98 Å². The van der Waals surface area contributed by atoms with Crippen LogP contribution in [0.15, 0.2) is 102 Å². The number of allylic oxidation sites excluding steroid dienone is 1. The number of para-hydroxylation sites is 2. The number of carbonyl (C=O) groups excluding carboxylic acids is 1. The van der Waals surface area contributed by atoms with Gasteiger partial charge in [-0.05, 0) is 35.9 Å². The monoisotopic (exact) mass is 402 g/mol. The van der Waals surface area contributed by atoms with Crippen LogP contribution in [0.1, 0.15) is 16.1 Å². The Hall–Kier alpha value is -4.31. The lowest BCUT2D eigenvalue weighted by molar-refractivity contribution is 0.104. The highest BCUT2D eigenvalue weighted by atomic mass is 16.1. The molecule has 2 aromatic heterocycles. The first-order valence-electron chi connectivity index (χ1n) is 9.99. The van der Waals surface area contributed by atoms with E-state index in [1.54, 1.807) is 6.08 Å². The number of fused-ring (bicyclic) bond motifs is 2. The molecule has 31 heavy (non-hydrogen) atoms. The van der Waals surface area contributed by atoms with E-state index < -0.39 is 5.56 Å². The molecule has 0 fully saturated rings. The van der Waals surface area contributed by atoms with E-state index in [0.29, 0.717) is 16.8 Å². The van der Waals surface area contributed by atoms with Crippen LogP contribution in [0.25, 0.3) is 39.0 Å². The van der Waals surface area contributed by atoms with Crippen LogP contribution in [0.5, 0.6) is 0 Å². The van der Waals surface area contributed by atoms with Gasteiger partial charge in [-0.2, -0.15) is 0 Å². The predicted octanol–water partition coefficient (Wildman–Crippen LogP) is 5.64. The van der Waals surface area contributed by atoms with Crippen molar-refractivity contribution in [2.24, 2.45) is 0 Å². The third kappa shape index (κ3) is 3.55. The van der Waals surface area contributed by atoms with Gasteiger partial charge in [-0.1, -0.05) is 72.8 Å². The summed E-state index contributed by atoms with van der Waals surface area (Å²) < 4.78 is 0. The molecule has 0 spiro atoms. The molecule has 0 bridgehead atoms. The second-order valence-corrected chi connectivity index (χ2v) is 7.24. The Morgan fingerprint density at radius 3 is 2.42 bits per heavy atom. The summed E-state index contributed by atoms with van der Waals surface area (Å²) in [6.07, 6.45) is 3.07. The lowest BCUT2D eigenvalue weighted by Crippen LogP contribution is -2.18. The molecule has 0 radical (unpaired) electrons. The molecule has 1 N–H and O–H groups in total. The van der Waals surface area contributed by atoms with Crippen molar-refractivity contribution in [3.63, 3.8) is 0 Å². The maximum absolute atomic E-state index is 13.2. The van der Waals surface area contributed by atoms with E-state index in [2.05, 4.69) is 9.97 Å². The third-order valence-corrected chi connectivity index (χ3v) is 5.26. The van der Waals surface area contributed by atoms with Gasteiger partial charge in [-0.15, -0.1) is 0 Å². The molecule has 2 heterocycles. The van der Waals surface area contributed by atoms with Crippen LogP contribution in [-0.2, 0) is 0 Å². The Kier molecular flexibility index (Phi) is 4.73. The fourth-order valence-corrected chi connectivity index (χ4v) is 3.80. The number of nitrogens with one attached hydrogen (secondary N) is 1. The Morgan fingerprint density at radius 2 is 1.55 bits per heavy atom. The number of pyridine rings is 2. The van der Waals surface area contributed by atoms with Crippen LogP contribution in [-0.4, -0.2) is 15.8 Å². The number of rotatable bonds is 4. The molecule has 0 unspecified atom stereocenters. The molecule has 0 aliphatic heterocycles. The second-order valence-electron chi connectivity index (χ2n) is 7.24. The van der Waals surface area contributed by atoms with Crippen molar-refractivity contribution >= 4 is 33.7 Å². The molecular formula is C27H18N2O2. The van der Waals surface area contributed by atoms with Crippen LogP contribution < -0.4 is 5.56 Å². The first kappa shape index (κ1) is 18.7. The maximum Gasteiger partial charge on any atom is 0.260 e. The highest BCUT2D eigenvalue weighted by Crippen LogP contribution is 2.29. The quantitative estimate of drug-likeness (QED) is 0.313. The minimum Gasteiger partial charge on any atom is -0.321 e. The van der Waals surface area contributed by atoms with Gasteiger partial charge in [-0.3, -0.25) is 9.59 Å². The summed E-state index contributed by atoms with van der Waals surface area (Å²) in [7, 11) is 0. The Labute approximate surface area is 178 Å². The van der Waals surface area contributed by atoms with Crippen LogP contribution >= 0.6 is 0 Å². The average molecular weight is 402 g/mol. The lowest BCUT2D eigenvalue weighted by atomic mass is 9.94. The number of aromatic amines is 1. The zero-order chi connectivity index (χ0) is 21.2. The number of aromatic nitrogens is 2. The second kappa shape index (κ2) is 7.84. The van der Waals surface area contributed by atoms with Crippen molar-refractivity contribution in [1.82, 2.24) is 9.97 Å². The number of benzene rings is 3. The molecule has 5 aromatic rings. The van der Waals surface area contributed by atoms with Crippen molar-refractivity contribution in [3.05, 3.63) is 119 Å². The zero-order valence-electron chi connectivity index (χ0n) is 16.6. The van der Waals surface area contributed by atoms with E-state index in [4.69, 9.17) is 0 Å². The van der Waals surface area contributed by atoms with Gasteiger partial charge < -0.3 is 4.98 Å². The van der Waals surface area contributed by atoms with Crippen molar-refractivity contribution in [3.8, 4) is 11.1 Å². The van der Waals surface area contributed by atoms with Gasteiger partial charge in [0.1, 0.15) is 0 Å². The molecule has 0 amide bonds. The van der Waals surface area contributed by atoms with Crippen LogP contribution in [0, 0.1) is 0 Å². The third-order valence-electron chi connectivity index (χ3n) is 5.26. The maximum atomic E-state index is 13.2. The summed E-state index contributed by atoms with van der Waals surface area (Å²) in [5, 5.41) is 1.86. The first-order valence-corrected chi connectivity index (χ1v) is 9.99. The predicted molar refractivity (Wildman–Crippen MR) is 125 cm³/mol. The molecule has 0 atom stereocenters. The average Bonchev–Trinajstić information content (AvgIpc) is 2.82. The van der Waals surface area contributed by atoms with Gasteiger partial charge in [0.15, 0.2) is 5.78 Å². The summed E-state index contributed by atoms with van der Waals surface area (Å²) in [5.41, 5.74) is 3.39. The van der Waals surface area contributed by atoms with Crippen molar-refractivity contribution in [2.75, 3.05) is 0 Å². The van der Waals surface area contributed by atoms with Gasteiger partial charge in [0, 0.05) is 21.9 Å². The van der Waals surface area contributed by atoms with Crippen LogP contribution in [0.2, 0.25) is 0 Å². The fraction of sp³-hybridized carbons (Fsp3) is 0. The molecule has 0 saturated carbocycles. The lowest BCUT2D eigenvalue weighted by Gasteiger charge is -2.11. The largest absolute Gasteiger partial charge is 0.321 e. The van der Waals surface area contributed by atoms with E-state index in [0.717, 1.165) is 21.9 Å². The fourth-order valence-electron chi connectivity index (χ4n) is 3.80. The SMILES string of the molecule is O=C(C=Cc1ccc2ccccc2n1)c1c(-c2ccccc2)c2ccccc2[nH]c1=O. The number of H-pyrrole nitrogens is 1. The van der Waals surface area contributed by atoms with Crippen molar-refractivity contribution in [1.29, 1.82) is 0 Å². The number of carbonyl (C=O) groups is 1. The number of hydrogen-bond acceptors (Lipinski definition) is 3. The topological polar surface area (TPSA) is 62.8 Å². The number of hydrogen-bond donors (Lipinski definition) is 1. The number of ketones is 1. The van der Waals surface area contributed by atoms with E-state index >= 15 is 0 Å². The van der Waals surface area contributed by atoms with Crippen LogP contribution in [0.4, 0.5) is 0 Å². The summed E-state index contributed by atoms with van der Waals surface area (Å²) >= 11 is 0. The summed E-state index contributed by atoms with van der Waals surface area (Å²) in [5.74, 6) is -0.360. The molecule has 4 nitrogen and oxygen atoms in total. The molecule has 4 heteroatoms. The Bertz CT molecular complexity index is 1520. The smallest absolute Gasteiger partial charge is 0.260 e. The standard InChI is InChI=1S/C27H18N2O2/c30-24(17-16-20-15-14-18-8-4-6-12-22(18)28-20)26-25(19-9-2-1-3-10-19)21-11-5-7-13-23(21)29-27(26)31/h1-17H,(H,29,31). The highest BCUT2D eigenvalue weighted by molar-refractivity contribution is 6.15. The first-order chi connectivity index (χ1) is 15.2. The molecule has 5 rings (SSSR count). The molecule has 0 aliphatic carbocycles. The minimum absolute atomic E-state index is 0.127. The molecule has 0 aliphatic rings. The summed E-state index contributed by atoms with van der Waals surface area (Å²) in [6.45, 7) is 0. The van der Waals surface area contributed by atoms with Gasteiger partial charge in [0.2, 0.25) is 0 Å². The Morgan fingerprint density at radius 1 is 0.806 bits per heavy atom. The van der Waals surface area contributed by atoms with E-state index in [1.165, 1.54) is 6.08 Å². The molecule has 0 saturated heterocycles. The van der Waals surface area contributed by atoms with E-state index in [1.807, 2.05) is 91.0 Å². The highest BCUT2D eigenvalue weighted by Gasteiger charge is 2.18. The summed E-state index contributed by atoms with van der Waals surface area (Å²) in [6, 6.07) is 28.7.